The molecular formula is C17H24N4O3S. The van der Waals surface area contributed by atoms with Crippen molar-refractivity contribution in [1.82, 2.24) is 19.4 Å². The molecule has 0 aliphatic heterocycles. The van der Waals surface area contributed by atoms with Crippen molar-refractivity contribution in [3.8, 4) is 0 Å². The summed E-state index contributed by atoms with van der Waals surface area (Å²) in [5.41, 5.74) is 0.331. The van der Waals surface area contributed by atoms with Crippen molar-refractivity contribution in [2.75, 3.05) is 13.6 Å². The van der Waals surface area contributed by atoms with Crippen LogP contribution in [0.4, 0.5) is 0 Å². The summed E-state index contributed by atoms with van der Waals surface area (Å²) >= 11 is 0. The molecule has 2 aromatic rings. The largest absolute Gasteiger partial charge is 0.352 e. The summed E-state index contributed by atoms with van der Waals surface area (Å²) in [7, 11) is -2.08. The van der Waals surface area contributed by atoms with Gasteiger partial charge >= 0.3 is 0 Å². The van der Waals surface area contributed by atoms with E-state index in [1.165, 1.54) is 23.5 Å². The van der Waals surface area contributed by atoms with E-state index in [1.807, 2.05) is 12.3 Å². The lowest BCUT2D eigenvalue weighted by Gasteiger charge is -2.21. The van der Waals surface area contributed by atoms with E-state index in [2.05, 4.69) is 10.4 Å². The number of nitrogens with one attached hydrogen (secondary N) is 1. The summed E-state index contributed by atoms with van der Waals surface area (Å²) in [5, 5.41) is 6.90. The van der Waals surface area contributed by atoms with Gasteiger partial charge in [0.2, 0.25) is 10.0 Å². The van der Waals surface area contributed by atoms with E-state index in [0.29, 0.717) is 18.7 Å². The summed E-state index contributed by atoms with van der Waals surface area (Å²) in [4.78, 5) is 12.4. The molecule has 2 rings (SSSR count). The van der Waals surface area contributed by atoms with Gasteiger partial charge in [0, 0.05) is 44.1 Å². The Balaban J connectivity index is 1.99. The lowest BCUT2D eigenvalue weighted by atomic mass is 10.2. The van der Waals surface area contributed by atoms with Crippen LogP contribution in [0.5, 0.6) is 0 Å². The number of benzene rings is 1. The smallest absolute Gasteiger partial charge is 0.251 e. The highest BCUT2D eigenvalue weighted by atomic mass is 32.2. The maximum atomic E-state index is 12.5. The van der Waals surface area contributed by atoms with E-state index in [9.17, 15) is 13.2 Å². The van der Waals surface area contributed by atoms with E-state index >= 15 is 0 Å². The highest BCUT2D eigenvalue weighted by Crippen LogP contribution is 2.17. The molecule has 0 saturated carbocycles. The van der Waals surface area contributed by atoms with Crippen molar-refractivity contribution in [3.63, 3.8) is 0 Å². The minimum Gasteiger partial charge on any atom is -0.352 e. The minimum atomic E-state index is -3.61. The van der Waals surface area contributed by atoms with Gasteiger partial charge in [-0.2, -0.15) is 9.40 Å². The van der Waals surface area contributed by atoms with E-state index < -0.39 is 10.0 Å². The van der Waals surface area contributed by atoms with Gasteiger partial charge in [0.25, 0.3) is 5.91 Å². The second-order valence-corrected chi connectivity index (χ2v) is 8.02. The van der Waals surface area contributed by atoms with Crippen LogP contribution in [-0.2, 0) is 16.6 Å². The second kappa shape index (κ2) is 8.26. The third kappa shape index (κ3) is 4.90. The lowest BCUT2D eigenvalue weighted by Crippen LogP contribution is -2.33. The molecular weight excluding hydrogens is 340 g/mol. The van der Waals surface area contributed by atoms with Gasteiger partial charge in [-0.15, -0.1) is 0 Å². The Kier molecular flexibility index (Phi) is 6.33. The molecule has 0 spiro atoms. The van der Waals surface area contributed by atoms with Crippen LogP contribution < -0.4 is 5.32 Å². The first-order chi connectivity index (χ1) is 11.8. The SMILES string of the molecule is CC(C)N(C)S(=O)(=O)c1cccc(C(=O)NCCCn2cccn2)c1. The Hall–Kier alpha value is -2.19. The predicted molar refractivity (Wildman–Crippen MR) is 95.7 cm³/mol. The van der Waals surface area contributed by atoms with Crippen LogP contribution in [0.2, 0.25) is 0 Å². The van der Waals surface area contributed by atoms with Crippen molar-refractivity contribution < 1.29 is 13.2 Å². The van der Waals surface area contributed by atoms with Crippen LogP contribution in [0.25, 0.3) is 0 Å². The molecule has 0 radical (unpaired) electrons. The Morgan fingerprint density at radius 3 is 2.72 bits per heavy atom. The summed E-state index contributed by atoms with van der Waals surface area (Å²) < 4.78 is 28.1. The predicted octanol–water partition coefficient (Wildman–Crippen LogP) is 1.73. The molecule has 0 aliphatic rings. The fourth-order valence-electron chi connectivity index (χ4n) is 2.22. The number of sulfonamides is 1. The van der Waals surface area contributed by atoms with Crippen molar-refractivity contribution in [3.05, 3.63) is 48.3 Å². The lowest BCUT2D eigenvalue weighted by molar-refractivity contribution is 0.0952. The molecule has 0 saturated heterocycles. The maximum absolute atomic E-state index is 12.5. The number of nitrogens with zero attached hydrogens (tertiary/aromatic N) is 3. The number of hydrogen-bond acceptors (Lipinski definition) is 4. The Morgan fingerprint density at radius 2 is 2.08 bits per heavy atom. The van der Waals surface area contributed by atoms with Crippen LogP contribution in [-0.4, -0.2) is 48.0 Å². The molecule has 1 amide bonds. The summed E-state index contributed by atoms with van der Waals surface area (Å²) in [6.07, 6.45) is 4.31. The average Bonchev–Trinajstić information content (AvgIpc) is 3.11. The molecule has 1 aromatic carbocycles. The first-order valence-corrected chi connectivity index (χ1v) is 9.60. The minimum absolute atomic E-state index is 0.118. The monoisotopic (exact) mass is 364 g/mol. The number of amides is 1. The number of aryl methyl sites for hydroxylation is 1. The van der Waals surface area contributed by atoms with Gasteiger partial charge in [-0.3, -0.25) is 9.48 Å². The van der Waals surface area contributed by atoms with Gasteiger partial charge in [-0.25, -0.2) is 8.42 Å². The van der Waals surface area contributed by atoms with E-state index in [0.717, 1.165) is 6.42 Å². The molecule has 8 heteroatoms. The molecule has 1 N–H and O–H groups in total. The number of aromatic nitrogens is 2. The van der Waals surface area contributed by atoms with Crippen molar-refractivity contribution in [2.24, 2.45) is 0 Å². The second-order valence-electron chi connectivity index (χ2n) is 6.02. The van der Waals surface area contributed by atoms with E-state index in [-0.39, 0.29) is 16.8 Å². The van der Waals surface area contributed by atoms with Crippen LogP contribution in [0.1, 0.15) is 30.6 Å². The zero-order chi connectivity index (χ0) is 18.4. The van der Waals surface area contributed by atoms with Gasteiger partial charge < -0.3 is 5.32 Å². The summed E-state index contributed by atoms with van der Waals surface area (Å²) in [6.45, 7) is 4.80. The van der Waals surface area contributed by atoms with Crippen LogP contribution in [0.15, 0.2) is 47.6 Å². The van der Waals surface area contributed by atoms with Gasteiger partial charge in [0.05, 0.1) is 4.90 Å². The van der Waals surface area contributed by atoms with E-state index in [4.69, 9.17) is 0 Å². The summed E-state index contributed by atoms with van der Waals surface area (Å²) in [6, 6.07) is 7.79. The molecule has 1 aromatic heterocycles. The van der Waals surface area contributed by atoms with Crippen molar-refractivity contribution in [2.45, 2.75) is 37.8 Å². The molecule has 1 heterocycles. The quantitative estimate of drug-likeness (QED) is 0.723. The Bertz CT molecular complexity index is 801. The zero-order valence-corrected chi connectivity index (χ0v) is 15.5. The molecule has 0 unspecified atom stereocenters. The average molecular weight is 364 g/mol. The van der Waals surface area contributed by atoms with Crippen LogP contribution >= 0.6 is 0 Å². The number of rotatable bonds is 8. The normalized spacial score (nSPS) is 11.9. The maximum Gasteiger partial charge on any atom is 0.251 e. The third-order valence-electron chi connectivity index (χ3n) is 3.91. The molecule has 136 valence electrons. The van der Waals surface area contributed by atoms with Crippen molar-refractivity contribution >= 4 is 15.9 Å². The Labute approximate surface area is 148 Å². The van der Waals surface area contributed by atoms with Gasteiger partial charge in [0.1, 0.15) is 0 Å². The van der Waals surface area contributed by atoms with Gasteiger partial charge in [-0.05, 0) is 44.5 Å². The zero-order valence-electron chi connectivity index (χ0n) is 14.7. The molecule has 0 aliphatic carbocycles. The van der Waals surface area contributed by atoms with Crippen LogP contribution in [0, 0.1) is 0 Å². The number of carbonyl (C=O) groups is 1. The fraction of sp³-hybridized carbons (Fsp3) is 0.412. The fourth-order valence-corrected chi connectivity index (χ4v) is 3.63. The molecule has 25 heavy (non-hydrogen) atoms. The number of carbonyl (C=O) groups excluding carboxylic acids is 1. The third-order valence-corrected chi connectivity index (χ3v) is 5.94. The van der Waals surface area contributed by atoms with E-state index in [1.54, 1.807) is 36.9 Å². The first-order valence-electron chi connectivity index (χ1n) is 8.16. The topological polar surface area (TPSA) is 84.3 Å². The number of hydrogen-bond donors (Lipinski definition) is 1. The van der Waals surface area contributed by atoms with Gasteiger partial charge in [0.15, 0.2) is 0 Å². The summed E-state index contributed by atoms with van der Waals surface area (Å²) in [5.74, 6) is -0.287. The molecule has 0 bridgehead atoms. The van der Waals surface area contributed by atoms with Crippen molar-refractivity contribution in [1.29, 1.82) is 0 Å². The standard InChI is InChI=1S/C17H24N4O3S/c1-14(2)20(3)25(23,24)16-8-4-7-15(13-16)17(22)18-9-5-11-21-12-6-10-19-21/h4,6-8,10,12-14H,5,9,11H2,1-3H3,(H,18,22). The highest BCUT2D eigenvalue weighted by molar-refractivity contribution is 7.89. The first kappa shape index (κ1) is 19.1. The van der Waals surface area contributed by atoms with Crippen LogP contribution in [0.3, 0.4) is 0 Å². The Morgan fingerprint density at radius 1 is 1.32 bits per heavy atom. The molecule has 0 atom stereocenters. The molecule has 7 nitrogen and oxygen atoms in total. The molecule has 0 fully saturated rings. The highest BCUT2D eigenvalue weighted by Gasteiger charge is 2.23. The van der Waals surface area contributed by atoms with Gasteiger partial charge in [-0.1, -0.05) is 6.07 Å².